The van der Waals surface area contributed by atoms with Crippen molar-refractivity contribution >= 4 is 11.4 Å². The van der Waals surface area contributed by atoms with Crippen molar-refractivity contribution in [1.82, 2.24) is 0 Å². The molecule has 4 heterocycles. The van der Waals surface area contributed by atoms with E-state index in [1.807, 2.05) is 0 Å². The first-order valence-electron chi connectivity index (χ1n) is 15.1. The molecule has 4 aromatic carbocycles. The number of epoxide rings is 4. The lowest BCUT2D eigenvalue weighted by Crippen LogP contribution is -2.31. The molecule has 0 radical (unpaired) electrons. The lowest BCUT2D eigenvalue weighted by Gasteiger charge is -2.23. The van der Waals surface area contributed by atoms with Gasteiger partial charge in [-0.2, -0.15) is 0 Å². The Kier molecular flexibility index (Phi) is 6.93. The highest BCUT2D eigenvalue weighted by atomic mass is 16.6. The van der Waals surface area contributed by atoms with Crippen LogP contribution >= 0.6 is 0 Å². The fourth-order valence-electron chi connectivity index (χ4n) is 5.69. The van der Waals surface area contributed by atoms with Gasteiger partial charge in [-0.1, -0.05) is 72.8 Å². The van der Waals surface area contributed by atoms with Crippen molar-refractivity contribution < 1.29 is 18.9 Å². The molecule has 214 valence electrons. The molecular formula is C36H36N2O4. The molecule has 4 atom stereocenters. The van der Waals surface area contributed by atoms with Gasteiger partial charge in [0.2, 0.25) is 0 Å². The molecule has 4 unspecified atom stereocenters. The molecule has 0 spiro atoms. The van der Waals surface area contributed by atoms with E-state index < -0.39 is 0 Å². The van der Waals surface area contributed by atoms with E-state index in [-0.39, 0.29) is 0 Å². The topological polar surface area (TPSA) is 56.6 Å². The van der Waals surface area contributed by atoms with E-state index in [4.69, 9.17) is 18.9 Å². The molecule has 0 aromatic heterocycles. The third kappa shape index (κ3) is 6.37. The molecule has 6 nitrogen and oxygen atoms in total. The highest BCUT2D eigenvalue weighted by molar-refractivity contribution is 5.74. The van der Waals surface area contributed by atoms with Gasteiger partial charge in [0, 0.05) is 37.6 Å². The number of hydrogen-bond donors (Lipinski definition) is 0. The second kappa shape index (κ2) is 11.2. The molecule has 6 heteroatoms. The van der Waals surface area contributed by atoms with Gasteiger partial charge in [-0.25, -0.2) is 0 Å². The predicted octanol–water partition coefficient (Wildman–Crippen LogP) is 5.90. The first kappa shape index (κ1) is 26.0. The molecule has 0 N–H and O–H groups in total. The molecule has 0 bridgehead atoms. The van der Waals surface area contributed by atoms with Crippen LogP contribution in [0.3, 0.4) is 0 Å². The van der Waals surface area contributed by atoms with Crippen LogP contribution in [-0.4, -0.2) is 77.0 Å². The van der Waals surface area contributed by atoms with Gasteiger partial charge in [0.25, 0.3) is 0 Å². The summed E-state index contributed by atoms with van der Waals surface area (Å²) in [7, 11) is 0. The molecule has 0 saturated carbocycles. The van der Waals surface area contributed by atoms with E-state index in [1.54, 1.807) is 0 Å². The number of benzene rings is 4. The normalized spacial score (nSPS) is 23.3. The minimum atomic E-state index is 0.363. The highest BCUT2D eigenvalue weighted by Crippen LogP contribution is 2.31. The number of hydrogen-bond acceptors (Lipinski definition) is 6. The van der Waals surface area contributed by atoms with Crippen molar-refractivity contribution in [3.05, 3.63) is 97.1 Å². The largest absolute Gasteiger partial charge is 0.371 e. The molecule has 8 rings (SSSR count). The van der Waals surface area contributed by atoms with Gasteiger partial charge in [-0.15, -0.1) is 0 Å². The minimum Gasteiger partial charge on any atom is -0.371 e. The van der Waals surface area contributed by atoms with Crippen LogP contribution in [0.1, 0.15) is 0 Å². The molecule has 4 aliphatic rings. The monoisotopic (exact) mass is 560 g/mol. The van der Waals surface area contributed by atoms with Gasteiger partial charge < -0.3 is 28.7 Å². The maximum atomic E-state index is 5.48. The lowest BCUT2D eigenvalue weighted by molar-refractivity contribution is 0.388. The molecule has 4 aliphatic heterocycles. The van der Waals surface area contributed by atoms with Crippen molar-refractivity contribution in [3.63, 3.8) is 0 Å². The van der Waals surface area contributed by atoms with Crippen LogP contribution in [0.4, 0.5) is 11.4 Å². The van der Waals surface area contributed by atoms with Crippen LogP contribution in [0.5, 0.6) is 0 Å². The van der Waals surface area contributed by atoms with E-state index in [9.17, 15) is 0 Å². The van der Waals surface area contributed by atoms with Crippen molar-refractivity contribution in [2.45, 2.75) is 24.4 Å². The number of nitrogens with zero attached hydrogens (tertiary/aromatic N) is 2. The highest BCUT2D eigenvalue weighted by Gasteiger charge is 2.32. The summed E-state index contributed by atoms with van der Waals surface area (Å²) in [6, 6.07) is 35.5. The summed E-state index contributed by atoms with van der Waals surface area (Å²) in [5.41, 5.74) is 9.79. The van der Waals surface area contributed by atoms with Gasteiger partial charge >= 0.3 is 0 Å². The molecule has 0 aliphatic carbocycles. The van der Waals surface area contributed by atoms with Crippen LogP contribution in [0.2, 0.25) is 0 Å². The second-order valence-corrected chi connectivity index (χ2v) is 11.9. The molecule has 4 aromatic rings. The summed E-state index contributed by atoms with van der Waals surface area (Å²) in [6.07, 6.45) is 1.45. The van der Waals surface area contributed by atoms with Crippen molar-refractivity contribution in [2.75, 3.05) is 62.4 Å². The Balaban J connectivity index is 0.923. The van der Waals surface area contributed by atoms with Crippen LogP contribution in [0, 0.1) is 0 Å². The van der Waals surface area contributed by atoms with E-state index in [1.165, 1.54) is 44.8 Å². The summed E-state index contributed by atoms with van der Waals surface area (Å²) in [5.74, 6) is 0. The zero-order chi connectivity index (χ0) is 27.9. The second-order valence-electron chi connectivity index (χ2n) is 11.9. The van der Waals surface area contributed by atoms with E-state index in [2.05, 4.69) is 107 Å². The van der Waals surface area contributed by atoms with Gasteiger partial charge in [-0.05, 0) is 57.6 Å². The van der Waals surface area contributed by atoms with Crippen molar-refractivity contribution in [2.24, 2.45) is 0 Å². The quantitative estimate of drug-likeness (QED) is 0.190. The maximum Gasteiger partial charge on any atom is 0.0984 e. The molecule has 4 fully saturated rings. The Morgan fingerprint density at radius 2 is 0.548 bits per heavy atom. The summed E-state index contributed by atoms with van der Waals surface area (Å²) in [6.45, 7) is 7.21. The Labute approximate surface area is 247 Å². The zero-order valence-corrected chi connectivity index (χ0v) is 23.7. The first-order chi connectivity index (χ1) is 20.7. The number of ether oxygens (including phenoxy) is 4. The molecular weight excluding hydrogens is 524 g/mol. The number of anilines is 2. The smallest absolute Gasteiger partial charge is 0.0984 e. The molecule has 42 heavy (non-hydrogen) atoms. The van der Waals surface area contributed by atoms with Gasteiger partial charge in [0.05, 0.1) is 50.8 Å². The van der Waals surface area contributed by atoms with Crippen LogP contribution < -0.4 is 9.80 Å². The van der Waals surface area contributed by atoms with Crippen LogP contribution in [0.15, 0.2) is 97.1 Å². The number of rotatable bonds is 13. The fraction of sp³-hybridized carbons (Fsp3) is 0.333. The first-order valence-corrected chi connectivity index (χ1v) is 15.1. The SMILES string of the molecule is c1cc(-c2ccc(N(CC3CO3)CC3CO3)cc2)ccc1-c1ccc(-c2ccc(N(CC3CO3)CC3CO3)cc2)cc1. The van der Waals surface area contributed by atoms with Crippen molar-refractivity contribution in [3.8, 4) is 33.4 Å². The minimum absolute atomic E-state index is 0.363. The lowest BCUT2D eigenvalue weighted by atomic mass is 9.98. The average Bonchev–Trinajstić information content (AvgIpc) is 3.84. The van der Waals surface area contributed by atoms with Crippen LogP contribution in [0.25, 0.3) is 33.4 Å². The summed E-state index contributed by atoms with van der Waals surface area (Å²) in [4.78, 5) is 4.79. The summed E-state index contributed by atoms with van der Waals surface area (Å²) in [5, 5.41) is 0. The van der Waals surface area contributed by atoms with Crippen LogP contribution in [-0.2, 0) is 18.9 Å². The van der Waals surface area contributed by atoms with Gasteiger partial charge in [-0.3, -0.25) is 0 Å². The fourth-order valence-corrected chi connectivity index (χ4v) is 5.69. The third-order valence-corrected chi connectivity index (χ3v) is 8.54. The predicted molar refractivity (Wildman–Crippen MR) is 166 cm³/mol. The summed E-state index contributed by atoms with van der Waals surface area (Å²) >= 11 is 0. The average molecular weight is 561 g/mol. The Hall–Kier alpha value is -3.68. The van der Waals surface area contributed by atoms with Gasteiger partial charge in [0.1, 0.15) is 0 Å². The molecule has 0 amide bonds. The Morgan fingerprint density at radius 1 is 0.357 bits per heavy atom. The summed E-state index contributed by atoms with van der Waals surface area (Å²) < 4.78 is 21.9. The maximum absolute atomic E-state index is 5.48. The Morgan fingerprint density at radius 3 is 0.738 bits per heavy atom. The third-order valence-electron chi connectivity index (χ3n) is 8.54. The van der Waals surface area contributed by atoms with Gasteiger partial charge in [0.15, 0.2) is 0 Å². The van der Waals surface area contributed by atoms with E-state index >= 15 is 0 Å². The standard InChI is InChI=1S/C36H36N2O4/c1-5-27(29-9-13-31(14-10-29)37(17-33-21-39-33)18-34-22-40-34)6-2-25(1)26-3-7-28(8-4-26)30-11-15-32(16-12-30)38(19-35-23-41-35)20-36-24-42-36/h1-16,33-36H,17-24H2. The zero-order valence-electron chi connectivity index (χ0n) is 23.7. The van der Waals surface area contributed by atoms with E-state index in [0.29, 0.717) is 24.4 Å². The van der Waals surface area contributed by atoms with E-state index in [0.717, 1.165) is 52.6 Å². The Bertz CT molecular complexity index is 1340. The molecule has 4 saturated heterocycles. The van der Waals surface area contributed by atoms with Crippen molar-refractivity contribution in [1.29, 1.82) is 0 Å².